The predicted molar refractivity (Wildman–Crippen MR) is 158 cm³/mol. The van der Waals surface area contributed by atoms with Gasteiger partial charge in [-0.2, -0.15) is 0 Å². The number of hydrogen-bond acceptors (Lipinski definition) is 7. The van der Waals surface area contributed by atoms with Crippen molar-refractivity contribution in [3.05, 3.63) is 0 Å². The topological polar surface area (TPSA) is 101 Å². The van der Waals surface area contributed by atoms with Gasteiger partial charge in [-0.15, -0.1) is 0 Å². The van der Waals surface area contributed by atoms with Gasteiger partial charge in [0.1, 0.15) is 0 Å². The average Bonchev–Trinajstić information content (AvgIpc) is 2.79. The molecule has 0 bridgehead atoms. The summed E-state index contributed by atoms with van der Waals surface area (Å²) in [5.74, 6) is 0.00286. The lowest BCUT2D eigenvalue weighted by atomic mass is 10.1. The largest absolute Gasteiger partial charge is 0.379 e. The van der Waals surface area contributed by atoms with Crippen molar-refractivity contribution in [2.45, 2.75) is 105 Å². The third-order valence-electron chi connectivity index (χ3n) is 5.85. The Bertz CT molecular complexity index is 576. The van der Waals surface area contributed by atoms with Gasteiger partial charge in [0.15, 0.2) is 0 Å². The number of nitrogens with one attached hydrogen (secondary N) is 3. The van der Waals surface area contributed by atoms with Crippen LogP contribution in [-0.4, -0.2) is 101 Å². The van der Waals surface area contributed by atoms with E-state index in [1.807, 2.05) is 0 Å². The molecule has 0 saturated carbocycles. The fourth-order valence-electron chi connectivity index (χ4n) is 3.21. The minimum absolute atomic E-state index is 0. The fourth-order valence-corrected chi connectivity index (χ4v) is 3.21. The first-order valence-electron chi connectivity index (χ1n) is 14.1. The molecule has 3 N–H and O–H groups in total. The van der Waals surface area contributed by atoms with E-state index in [1.165, 1.54) is 0 Å². The lowest BCUT2D eigenvalue weighted by molar-refractivity contribution is -0.122. The first-order valence-corrected chi connectivity index (χ1v) is 14.1. The third-order valence-corrected chi connectivity index (χ3v) is 5.85. The molecule has 0 rings (SSSR count). The number of unbranched alkanes of at least 4 members (excludes halogenated alkanes) is 1. The van der Waals surface area contributed by atoms with Gasteiger partial charge in [-0.05, 0) is 93.8 Å². The van der Waals surface area contributed by atoms with E-state index in [9.17, 15) is 9.59 Å². The first-order chi connectivity index (χ1) is 17.4. The fraction of sp³-hybridized carbons (Fsp3) is 0.931. The van der Waals surface area contributed by atoms with Gasteiger partial charge in [0.25, 0.3) is 0 Å². The standard InChI is InChI=1S/C28H58N4O5.CH4/c1-27(2,3)31-17-12-20-36-22-24-37-23-21-35-19-11-16-30-26(34)14-10-13-25(33)29-15-8-9-18-32(7)28(4,5)6;/h31H,8-24H2,1-7H3,(H,29,33)(H,30,34);1H4. The second kappa shape index (κ2) is 23.6. The third kappa shape index (κ3) is 27.8. The van der Waals surface area contributed by atoms with Crippen molar-refractivity contribution in [3.63, 3.8) is 0 Å². The molecule has 38 heavy (non-hydrogen) atoms. The number of hydrogen-bond donors (Lipinski definition) is 3. The van der Waals surface area contributed by atoms with E-state index in [0.717, 1.165) is 45.4 Å². The van der Waals surface area contributed by atoms with Crippen LogP contribution in [0.25, 0.3) is 0 Å². The zero-order valence-corrected chi connectivity index (χ0v) is 25.0. The summed E-state index contributed by atoms with van der Waals surface area (Å²) in [5.41, 5.74) is 0.323. The molecule has 2 amide bonds. The molecule has 9 nitrogen and oxygen atoms in total. The molecule has 0 spiro atoms. The molecule has 0 aromatic rings. The number of carbonyl (C=O) groups is 2. The molecular formula is C29H62N4O5. The Morgan fingerprint density at radius 1 is 0.632 bits per heavy atom. The lowest BCUT2D eigenvalue weighted by Gasteiger charge is -2.31. The van der Waals surface area contributed by atoms with Gasteiger partial charge in [-0.3, -0.25) is 9.59 Å². The van der Waals surface area contributed by atoms with Crippen LogP contribution in [0.3, 0.4) is 0 Å². The number of ether oxygens (including phenoxy) is 3. The molecule has 0 fully saturated rings. The number of carbonyl (C=O) groups excluding carboxylic acids is 2. The summed E-state index contributed by atoms with van der Waals surface area (Å²) < 4.78 is 16.6. The van der Waals surface area contributed by atoms with Crippen LogP contribution in [0.15, 0.2) is 0 Å². The summed E-state index contributed by atoms with van der Waals surface area (Å²) in [4.78, 5) is 26.1. The Morgan fingerprint density at radius 2 is 1.08 bits per heavy atom. The van der Waals surface area contributed by atoms with Gasteiger partial charge < -0.3 is 35.1 Å². The summed E-state index contributed by atoms with van der Waals surface area (Å²) in [6, 6.07) is 0. The molecule has 0 radical (unpaired) electrons. The Balaban J connectivity index is 0. The Kier molecular flexibility index (Phi) is 24.2. The summed E-state index contributed by atoms with van der Waals surface area (Å²) >= 11 is 0. The van der Waals surface area contributed by atoms with E-state index < -0.39 is 0 Å². The molecule has 0 aromatic carbocycles. The molecule has 0 saturated heterocycles. The van der Waals surface area contributed by atoms with Crippen LogP contribution in [0.1, 0.15) is 93.9 Å². The SMILES string of the molecule is C.CN(CCCCNC(=O)CCCC(=O)NCCCOCCOCCOCCCNC(C)(C)C)C(C)(C)C. The predicted octanol–water partition coefficient (Wildman–Crippen LogP) is 3.75. The van der Waals surface area contributed by atoms with E-state index in [1.54, 1.807) is 0 Å². The van der Waals surface area contributed by atoms with Crippen LogP contribution in [0.5, 0.6) is 0 Å². The van der Waals surface area contributed by atoms with E-state index in [4.69, 9.17) is 14.2 Å². The monoisotopic (exact) mass is 546 g/mol. The van der Waals surface area contributed by atoms with Crippen molar-refractivity contribution >= 4 is 11.8 Å². The summed E-state index contributed by atoms with van der Waals surface area (Å²) in [6.07, 6.45) is 5.08. The highest BCUT2D eigenvalue weighted by molar-refractivity contribution is 5.78. The van der Waals surface area contributed by atoms with E-state index in [0.29, 0.717) is 65.4 Å². The number of nitrogens with zero attached hydrogens (tertiary/aromatic N) is 1. The highest BCUT2D eigenvalue weighted by atomic mass is 16.5. The summed E-state index contributed by atoms with van der Waals surface area (Å²) in [7, 11) is 2.13. The molecule has 0 atom stereocenters. The smallest absolute Gasteiger partial charge is 0.220 e. The van der Waals surface area contributed by atoms with Crippen molar-refractivity contribution in [1.82, 2.24) is 20.9 Å². The molecule has 0 aliphatic carbocycles. The molecule has 228 valence electrons. The molecule has 0 heterocycles. The van der Waals surface area contributed by atoms with Crippen molar-refractivity contribution in [2.75, 3.05) is 72.9 Å². The lowest BCUT2D eigenvalue weighted by Crippen LogP contribution is -2.38. The Morgan fingerprint density at radius 3 is 1.55 bits per heavy atom. The van der Waals surface area contributed by atoms with E-state index in [2.05, 4.69) is 69.4 Å². The Hall–Kier alpha value is -1.26. The molecule has 0 aromatic heterocycles. The van der Waals surface area contributed by atoms with Gasteiger partial charge in [0, 0.05) is 50.2 Å². The minimum Gasteiger partial charge on any atom is -0.379 e. The minimum atomic E-state index is -0.0180. The van der Waals surface area contributed by atoms with Crippen molar-refractivity contribution in [3.8, 4) is 0 Å². The van der Waals surface area contributed by atoms with Gasteiger partial charge >= 0.3 is 0 Å². The summed E-state index contributed by atoms with van der Waals surface area (Å²) in [5, 5.41) is 9.25. The summed E-state index contributed by atoms with van der Waals surface area (Å²) in [6.45, 7) is 19.8. The van der Waals surface area contributed by atoms with E-state index >= 15 is 0 Å². The van der Waals surface area contributed by atoms with Gasteiger partial charge in [-0.1, -0.05) is 7.43 Å². The van der Waals surface area contributed by atoms with Crippen LogP contribution in [0.2, 0.25) is 0 Å². The van der Waals surface area contributed by atoms with E-state index in [-0.39, 0.29) is 30.3 Å². The number of amides is 2. The average molecular weight is 547 g/mol. The van der Waals surface area contributed by atoms with Crippen molar-refractivity contribution in [1.29, 1.82) is 0 Å². The number of rotatable bonds is 23. The van der Waals surface area contributed by atoms with Crippen molar-refractivity contribution < 1.29 is 23.8 Å². The van der Waals surface area contributed by atoms with Gasteiger partial charge in [0.2, 0.25) is 11.8 Å². The second-order valence-corrected chi connectivity index (χ2v) is 11.6. The van der Waals surface area contributed by atoms with Gasteiger partial charge in [-0.25, -0.2) is 0 Å². The molecular weight excluding hydrogens is 484 g/mol. The molecule has 0 aliphatic heterocycles. The van der Waals surface area contributed by atoms with Crippen LogP contribution in [0.4, 0.5) is 0 Å². The molecule has 9 heteroatoms. The van der Waals surface area contributed by atoms with Crippen LogP contribution < -0.4 is 16.0 Å². The second-order valence-electron chi connectivity index (χ2n) is 11.6. The molecule has 0 unspecified atom stereocenters. The highest BCUT2D eigenvalue weighted by Gasteiger charge is 2.15. The van der Waals surface area contributed by atoms with Gasteiger partial charge in [0.05, 0.1) is 26.4 Å². The van der Waals surface area contributed by atoms with Crippen LogP contribution in [0, 0.1) is 0 Å². The zero-order chi connectivity index (χ0) is 28.0. The normalized spacial score (nSPS) is 11.9. The highest BCUT2D eigenvalue weighted by Crippen LogP contribution is 2.10. The maximum Gasteiger partial charge on any atom is 0.220 e. The Labute approximate surface area is 234 Å². The molecule has 0 aliphatic rings. The zero-order valence-electron chi connectivity index (χ0n) is 25.0. The van der Waals surface area contributed by atoms with Crippen LogP contribution >= 0.6 is 0 Å². The van der Waals surface area contributed by atoms with Crippen molar-refractivity contribution in [2.24, 2.45) is 0 Å². The first kappa shape index (κ1) is 38.9. The quantitative estimate of drug-likeness (QED) is 0.168. The van der Waals surface area contributed by atoms with Crippen LogP contribution in [-0.2, 0) is 23.8 Å². The maximum atomic E-state index is 11.9. The maximum absolute atomic E-state index is 11.9.